The number of benzene rings is 1. The quantitative estimate of drug-likeness (QED) is 0.189. The lowest BCUT2D eigenvalue weighted by Crippen LogP contribution is -2.33. The number of aromatic nitrogens is 4. The zero-order chi connectivity index (χ0) is 22.1. The van der Waals surface area contributed by atoms with Crippen LogP contribution in [0.15, 0.2) is 35.7 Å². The first-order chi connectivity index (χ1) is 14.9. The predicted octanol–water partition coefficient (Wildman–Crippen LogP) is -0.626. The van der Waals surface area contributed by atoms with E-state index in [0.29, 0.717) is 5.56 Å². The molecule has 0 saturated carbocycles. The summed E-state index contributed by atoms with van der Waals surface area (Å²) in [6, 6.07) is 5.83. The summed E-state index contributed by atoms with van der Waals surface area (Å²) in [7, 11) is 0. The maximum Gasteiger partial charge on any atom is 0.270 e. The molecule has 14 nitrogen and oxygen atoms in total. The third-order valence-corrected chi connectivity index (χ3v) is 4.74. The number of hydrogen-bond donors (Lipinski definition) is 5. The minimum atomic E-state index is -1.40. The Labute approximate surface area is 173 Å². The van der Waals surface area contributed by atoms with Gasteiger partial charge in [-0.15, -0.1) is 0 Å². The van der Waals surface area contributed by atoms with E-state index in [1.54, 1.807) is 6.07 Å². The number of anilines is 2. The van der Waals surface area contributed by atoms with Gasteiger partial charge in [-0.25, -0.2) is 20.4 Å². The fourth-order valence-electron chi connectivity index (χ4n) is 3.22. The van der Waals surface area contributed by atoms with Gasteiger partial charge in [-0.3, -0.25) is 14.7 Å². The van der Waals surface area contributed by atoms with Crippen molar-refractivity contribution in [1.29, 1.82) is 0 Å². The second kappa shape index (κ2) is 8.19. The highest BCUT2D eigenvalue weighted by Gasteiger charge is 2.45. The van der Waals surface area contributed by atoms with Crippen molar-refractivity contribution >= 4 is 34.8 Å². The second-order valence-electron chi connectivity index (χ2n) is 6.69. The molecule has 162 valence electrons. The van der Waals surface area contributed by atoms with Gasteiger partial charge >= 0.3 is 0 Å². The summed E-state index contributed by atoms with van der Waals surface area (Å²) in [6.45, 7) is -0.508. The molecule has 0 amide bonds. The van der Waals surface area contributed by atoms with Crippen molar-refractivity contribution in [3.63, 3.8) is 0 Å². The van der Waals surface area contributed by atoms with Crippen LogP contribution in [0.4, 0.5) is 17.5 Å². The highest BCUT2D eigenvalue weighted by molar-refractivity contribution is 5.85. The van der Waals surface area contributed by atoms with Crippen molar-refractivity contribution in [2.24, 2.45) is 5.10 Å². The molecule has 3 heterocycles. The third kappa shape index (κ3) is 3.75. The third-order valence-electron chi connectivity index (χ3n) is 4.74. The lowest BCUT2D eigenvalue weighted by atomic mass is 10.1. The monoisotopic (exact) mass is 430 g/mol. The first-order valence-electron chi connectivity index (χ1n) is 9.05. The molecule has 0 unspecified atom stereocenters. The van der Waals surface area contributed by atoms with Gasteiger partial charge < -0.3 is 25.8 Å². The number of hydrogen-bond acceptors (Lipinski definition) is 12. The Morgan fingerprint density at radius 3 is 2.87 bits per heavy atom. The molecule has 1 aliphatic rings. The number of ether oxygens (including phenoxy) is 1. The lowest BCUT2D eigenvalue weighted by Gasteiger charge is -2.18. The predicted molar refractivity (Wildman–Crippen MR) is 107 cm³/mol. The molecular formula is C17H18N8O6. The number of aliphatic hydroxyl groups is 3. The molecule has 1 aliphatic heterocycles. The maximum atomic E-state index is 10.9. The summed E-state index contributed by atoms with van der Waals surface area (Å²) in [5, 5.41) is 44.9. The summed E-state index contributed by atoms with van der Waals surface area (Å²) in [5.74, 6) is 0.125. The van der Waals surface area contributed by atoms with Crippen molar-refractivity contribution < 1.29 is 25.0 Å². The molecule has 14 heteroatoms. The topological polar surface area (TPSA) is 207 Å². The average Bonchev–Trinajstić information content (AvgIpc) is 3.26. The van der Waals surface area contributed by atoms with Crippen molar-refractivity contribution in [2.75, 3.05) is 17.8 Å². The molecule has 1 aromatic carbocycles. The minimum Gasteiger partial charge on any atom is -0.394 e. The van der Waals surface area contributed by atoms with E-state index in [-0.39, 0.29) is 28.6 Å². The Kier molecular flexibility index (Phi) is 5.43. The van der Waals surface area contributed by atoms with Crippen LogP contribution in [0.1, 0.15) is 11.8 Å². The van der Waals surface area contributed by atoms with Crippen LogP contribution in [-0.4, -0.2) is 70.9 Å². The van der Waals surface area contributed by atoms with E-state index in [2.05, 4.69) is 25.5 Å². The summed E-state index contributed by atoms with van der Waals surface area (Å²) in [4.78, 5) is 22.7. The van der Waals surface area contributed by atoms with E-state index >= 15 is 0 Å². The van der Waals surface area contributed by atoms with Crippen molar-refractivity contribution in [3.8, 4) is 0 Å². The molecule has 0 radical (unpaired) electrons. The maximum absolute atomic E-state index is 10.9. The number of nitro groups is 1. The number of nitrogens with two attached hydrogens (primary N) is 1. The molecule has 0 aliphatic carbocycles. The van der Waals surface area contributed by atoms with Crippen LogP contribution in [0.25, 0.3) is 11.2 Å². The van der Waals surface area contributed by atoms with E-state index in [9.17, 15) is 25.4 Å². The minimum absolute atomic E-state index is 0.0544. The van der Waals surface area contributed by atoms with Gasteiger partial charge in [0.2, 0.25) is 5.95 Å². The molecule has 2 aromatic heterocycles. The van der Waals surface area contributed by atoms with E-state index in [1.165, 1.54) is 35.3 Å². The van der Waals surface area contributed by atoms with Crippen LogP contribution in [0.3, 0.4) is 0 Å². The molecule has 31 heavy (non-hydrogen) atoms. The zero-order valence-electron chi connectivity index (χ0n) is 15.8. The van der Waals surface area contributed by atoms with Crippen LogP contribution in [-0.2, 0) is 4.74 Å². The zero-order valence-corrected chi connectivity index (χ0v) is 15.8. The Balaban J connectivity index is 1.69. The molecular weight excluding hydrogens is 412 g/mol. The van der Waals surface area contributed by atoms with Gasteiger partial charge in [0, 0.05) is 17.7 Å². The number of nitrogens with zero attached hydrogens (tertiary/aromatic N) is 6. The van der Waals surface area contributed by atoms with E-state index in [4.69, 9.17) is 10.5 Å². The number of aliphatic hydroxyl groups excluding tert-OH is 3. The van der Waals surface area contributed by atoms with Gasteiger partial charge in [0.15, 0.2) is 23.2 Å². The summed E-state index contributed by atoms with van der Waals surface area (Å²) in [6.07, 6.45) is -2.37. The van der Waals surface area contributed by atoms with Gasteiger partial charge in [0.1, 0.15) is 24.6 Å². The van der Waals surface area contributed by atoms with Crippen molar-refractivity contribution in [3.05, 3.63) is 46.3 Å². The van der Waals surface area contributed by atoms with Crippen LogP contribution in [0.5, 0.6) is 0 Å². The van der Waals surface area contributed by atoms with Crippen LogP contribution in [0.2, 0.25) is 0 Å². The Morgan fingerprint density at radius 2 is 2.16 bits per heavy atom. The molecule has 6 N–H and O–H groups in total. The molecule has 1 fully saturated rings. The highest BCUT2D eigenvalue weighted by atomic mass is 16.6. The molecule has 4 atom stereocenters. The standard InChI is InChI=1S/C17H18N8O6/c18-14-11-15(20-7-19-14)24(16-13(28)12(27)10(6-26)31-16)17(22-11)23-21-5-8-2-1-3-9(4-8)25(29)30/h1-5,7,10,12-13,16,26-28H,6H2,(H,22,23)(H2,18,19,20)/t10-,12-,13-,16-/m0/s1. The molecule has 3 aromatic rings. The molecule has 4 rings (SSSR count). The van der Waals surface area contributed by atoms with E-state index in [0.717, 1.165) is 0 Å². The summed E-state index contributed by atoms with van der Waals surface area (Å²) >= 11 is 0. The fraction of sp³-hybridized carbons (Fsp3) is 0.294. The van der Waals surface area contributed by atoms with Gasteiger partial charge in [-0.05, 0) is 0 Å². The number of nitro benzene ring substituents is 1. The SMILES string of the molecule is Nc1ncnc2c1nc(NN=Cc1cccc([N+](=O)[O-])c1)n2[C@H]1O[C@@H](CO)[C@H](O)[C@@H]1O. The Morgan fingerprint density at radius 1 is 1.35 bits per heavy atom. The average molecular weight is 430 g/mol. The Bertz CT molecular complexity index is 1150. The van der Waals surface area contributed by atoms with E-state index < -0.39 is 36.1 Å². The molecule has 0 bridgehead atoms. The number of imidazole rings is 1. The van der Waals surface area contributed by atoms with Crippen LogP contribution in [0, 0.1) is 10.1 Å². The molecule has 1 saturated heterocycles. The number of nitrogens with one attached hydrogen (secondary N) is 1. The number of hydrazone groups is 1. The largest absolute Gasteiger partial charge is 0.394 e. The number of nitrogen functional groups attached to an aromatic ring is 1. The van der Waals surface area contributed by atoms with E-state index in [1.807, 2.05) is 0 Å². The van der Waals surface area contributed by atoms with Crippen molar-refractivity contribution in [2.45, 2.75) is 24.5 Å². The van der Waals surface area contributed by atoms with Crippen LogP contribution < -0.4 is 11.2 Å². The number of fused-ring (bicyclic) bond motifs is 1. The van der Waals surface area contributed by atoms with Gasteiger partial charge in [-0.2, -0.15) is 5.10 Å². The second-order valence-corrected chi connectivity index (χ2v) is 6.69. The summed E-state index contributed by atoms with van der Waals surface area (Å²) in [5.41, 5.74) is 9.30. The first kappa shape index (κ1) is 20.5. The number of rotatable bonds is 6. The highest BCUT2D eigenvalue weighted by Crippen LogP contribution is 2.35. The Hall–Kier alpha value is -3.72. The summed E-state index contributed by atoms with van der Waals surface area (Å²) < 4.78 is 6.91. The molecule has 0 spiro atoms. The number of non-ortho nitro benzene ring substituents is 1. The normalized spacial score (nSPS) is 23.6. The van der Waals surface area contributed by atoms with Gasteiger partial charge in [0.25, 0.3) is 5.69 Å². The lowest BCUT2D eigenvalue weighted by molar-refractivity contribution is -0.384. The fourth-order valence-corrected chi connectivity index (χ4v) is 3.22. The van der Waals surface area contributed by atoms with Gasteiger partial charge in [0.05, 0.1) is 17.7 Å². The van der Waals surface area contributed by atoms with Crippen molar-refractivity contribution in [1.82, 2.24) is 19.5 Å². The van der Waals surface area contributed by atoms with Gasteiger partial charge in [-0.1, -0.05) is 12.1 Å². The van der Waals surface area contributed by atoms with Crippen LogP contribution >= 0.6 is 0 Å². The smallest absolute Gasteiger partial charge is 0.270 e. The first-order valence-corrected chi connectivity index (χ1v) is 9.05.